The van der Waals surface area contributed by atoms with Crippen LogP contribution in [0.5, 0.6) is 5.75 Å². The summed E-state index contributed by atoms with van der Waals surface area (Å²) in [6, 6.07) is 16.0. The fourth-order valence-electron chi connectivity index (χ4n) is 13.6. The molecule has 6 heterocycles. The molecule has 1 saturated heterocycles. The number of carbonyl (C=O) groups is 9. The molecule has 0 bridgehead atoms. The van der Waals surface area contributed by atoms with Crippen molar-refractivity contribution in [3.05, 3.63) is 117 Å². The molecule has 0 saturated carbocycles. The van der Waals surface area contributed by atoms with Gasteiger partial charge in [-0.3, -0.25) is 43.5 Å². The zero-order valence-corrected chi connectivity index (χ0v) is 67.4. The van der Waals surface area contributed by atoms with Gasteiger partial charge in [-0.25, -0.2) is 24.4 Å². The Morgan fingerprint density at radius 1 is 0.752 bits per heavy atom. The number of ether oxygens (including phenoxy) is 8. The number of cyclic esters (lactones) is 1. The number of carbonyl (C=O) groups excluding carboxylic acids is 8. The third-order valence-corrected chi connectivity index (χ3v) is 20.8. The number of carboxylic acids is 1. The van der Waals surface area contributed by atoms with Crippen LogP contribution in [0.15, 0.2) is 77.6 Å². The molecule has 13 N–H and O–H groups in total. The van der Waals surface area contributed by atoms with Crippen molar-refractivity contribution in [3.8, 4) is 17.1 Å². The van der Waals surface area contributed by atoms with Crippen LogP contribution in [0.1, 0.15) is 108 Å². The normalized spacial score (nSPS) is 18.4. The summed E-state index contributed by atoms with van der Waals surface area (Å²) in [4.78, 5) is 139. The van der Waals surface area contributed by atoms with Crippen molar-refractivity contribution in [2.45, 2.75) is 174 Å². The Balaban J connectivity index is 0.685. The number of amides is 7. The number of hydrogen-bond acceptors (Lipinski definition) is 27. The number of aliphatic hydroxyl groups is 4. The Kier molecular flexibility index (Phi) is 32.0. The lowest BCUT2D eigenvalue weighted by atomic mass is 9.86. The van der Waals surface area contributed by atoms with E-state index in [1.807, 2.05) is 68.5 Å². The summed E-state index contributed by atoms with van der Waals surface area (Å²) in [7, 11) is -0.983. The number of para-hydroxylation sites is 1. The number of carboxylic acid groups (broad SMARTS) is 1. The van der Waals surface area contributed by atoms with E-state index in [0.29, 0.717) is 34.7 Å². The molecule has 117 heavy (non-hydrogen) atoms. The van der Waals surface area contributed by atoms with Crippen molar-refractivity contribution in [3.63, 3.8) is 0 Å². The molecule has 9 atom stereocenters. The minimum atomic E-state index is -4.72. The molecule has 3 aliphatic heterocycles. The minimum Gasteiger partial charge on any atom is -0.479 e. The van der Waals surface area contributed by atoms with Crippen molar-refractivity contribution in [1.29, 1.82) is 0 Å². The van der Waals surface area contributed by atoms with Gasteiger partial charge in [0.15, 0.2) is 11.7 Å². The summed E-state index contributed by atoms with van der Waals surface area (Å²) in [6.45, 7) is 13.4. The topological polar surface area (TPSA) is 514 Å². The number of aryl methyl sites for hydroxylation is 1. The molecule has 3 aromatic heterocycles. The maximum absolute atomic E-state index is 14.2. The van der Waals surface area contributed by atoms with E-state index in [0.717, 1.165) is 34.1 Å². The van der Waals surface area contributed by atoms with Crippen LogP contribution in [-0.4, -0.2) is 257 Å². The van der Waals surface area contributed by atoms with Gasteiger partial charge in [-0.05, 0) is 113 Å². The van der Waals surface area contributed by atoms with Crippen molar-refractivity contribution in [2.75, 3.05) is 96.4 Å². The number of aromatic nitrogens is 3. The Morgan fingerprint density at radius 2 is 1.43 bits per heavy atom. The molecule has 3 aromatic carbocycles. The van der Waals surface area contributed by atoms with E-state index < -0.39 is 148 Å². The van der Waals surface area contributed by atoms with Gasteiger partial charge in [-0.1, -0.05) is 45.0 Å². The van der Waals surface area contributed by atoms with Crippen LogP contribution in [0.2, 0.25) is 0 Å². The van der Waals surface area contributed by atoms with Crippen LogP contribution in [0, 0.1) is 5.92 Å². The quantitative estimate of drug-likeness (QED) is 0.0111. The summed E-state index contributed by atoms with van der Waals surface area (Å²) in [5, 5.41) is 72.3. The first-order valence-electron chi connectivity index (χ1n) is 38.4. The molecule has 9 rings (SSSR count). The van der Waals surface area contributed by atoms with Crippen molar-refractivity contribution in [1.82, 2.24) is 50.7 Å². The highest BCUT2D eigenvalue weighted by atomic mass is 32.2. The average molecular weight is 1660 g/mol. The highest BCUT2D eigenvalue weighted by molar-refractivity contribution is 7.85. The molecule has 38 nitrogen and oxygen atoms in total. The molecule has 39 heteroatoms. The van der Waals surface area contributed by atoms with Gasteiger partial charge in [-0.15, -0.1) is 0 Å². The Labute approximate surface area is 674 Å². The largest absolute Gasteiger partial charge is 0.479 e. The first kappa shape index (κ1) is 90.8. The highest BCUT2D eigenvalue weighted by Gasteiger charge is 2.49. The SMILES string of the molecule is CCn1c(CN(C)NC)cc2cc(NC(=O)CCC(=O)N[C@@H](CS(=O)(=O)O)C(=O)NCCOCCOCCOCCOCCC(=O)N[C@H](C(=O)N[C@@H](C)C(=O)Nc3ccc(COC(=O)N(CCc4c5c(nc6ccccc46)-c4cc6c(c(=O)n4C5)COC(=O)[C@]6(O)CC)C(C)C)cc3O[C@@H]3O[C@H](C(=O)O)[C@@H](O)[C@H](O)[C@H]3O)C(C)C)ccc21. The second kappa shape index (κ2) is 41.3. The fourth-order valence-corrected chi connectivity index (χ4v) is 14.2. The maximum Gasteiger partial charge on any atom is 0.410 e. The molecule has 0 spiro atoms. The lowest BCUT2D eigenvalue weighted by Crippen LogP contribution is -2.61. The first-order chi connectivity index (χ1) is 55.6. The van der Waals surface area contributed by atoms with Crippen LogP contribution in [0.4, 0.5) is 16.2 Å². The van der Waals surface area contributed by atoms with Gasteiger partial charge in [0.05, 0.1) is 94.1 Å². The third-order valence-electron chi connectivity index (χ3n) is 20.0. The summed E-state index contributed by atoms with van der Waals surface area (Å²) in [6.07, 6.45) is -11.6. The second-order valence-corrected chi connectivity index (χ2v) is 30.5. The number of anilines is 2. The lowest BCUT2D eigenvalue weighted by Gasteiger charge is -2.38. The van der Waals surface area contributed by atoms with Crippen LogP contribution in [-0.2, 0) is 127 Å². The Bertz CT molecular complexity index is 4770. The van der Waals surface area contributed by atoms with Crippen LogP contribution >= 0.6 is 0 Å². The number of hydrogen-bond donors (Lipinski definition) is 13. The minimum absolute atomic E-state index is 0.0242. The molecule has 1 fully saturated rings. The Hall–Kier alpha value is -10.1. The summed E-state index contributed by atoms with van der Waals surface area (Å²) in [5.41, 5.74) is 6.54. The Morgan fingerprint density at radius 3 is 2.09 bits per heavy atom. The number of hydrazine groups is 1. The molecule has 638 valence electrons. The van der Waals surface area contributed by atoms with Gasteiger partial charge in [0.25, 0.3) is 15.7 Å². The number of rotatable bonds is 43. The molecule has 0 unspecified atom stereocenters. The summed E-state index contributed by atoms with van der Waals surface area (Å²) in [5.74, 6) is -8.78. The fraction of sp³-hybridized carbons (Fsp3) is 0.526. The zero-order chi connectivity index (χ0) is 85.2. The number of esters is 1. The van der Waals surface area contributed by atoms with Gasteiger partial charge >= 0.3 is 18.0 Å². The second-order valence-electron chi connectivity index (χ2n) is 29.0. The van der Waals surface area contributed by atoms with E-state index in [-0.39, 0.29) is 139 Å². The third kappa shape index (κ3) is 23.4. The maximum atomic E-state index is 14.2. The monoisotopic (exact) mass is 1660 g/mol. The average Bonchev–Trinajstić information content (AvgIpc) is 1.58. The molecular weight excluding hydrogens is 1550 g/mol. The number of benzene rings is 3. The molecule has 0 radical (unpaired) electrons. The predicted molar refractivity (Wildman–Crippen MR) is 420 cm³/mol. The van der Waals surface area contributed by atoms with Crippen molar-refractivity contribution < 1.29 is 120 Å². The number of aliphatic carboxylic acids is 1. The van der Waals surface area contributed by atoms with Crippen LogP contribution < -0.4 is 47.6 Å². The zero-order valence-electron chi connectivity index (χ0n) is 66.5. The van der Waals surface area contributed by atoms with E-state index in [2.05, 4.69) is 41.9 Å². The number of pyridine rings is 2. The van der Waals surface area contributed by atoms with Gasteiger partial charge in [0.2, 0.25) is 41.7 Å². The molecule has 7 amide bonds. The number of aliphatic hydroxyl groups excluding tert-OH is 3. The van der Waals surface area contributed by atoms with Crippen molar-refractivity contribution in [2.24, 2.45) is 5.92 Å². The van der Waals surface area contributed by atoms with Crippen molar-refractivity contribution >= 4 is 96.8 Å². The summed E-state index contributed by atoms with van der Waals surface area (Å²) < 4.78 is 81.3. The molecule has 3 aliphatic rings. The first-order valence-corrected chi connectivity index (χ1v) is 40.0. The van der Waals surface area contributed by atoms with E-state index in [1.165, 1.54) is 34.6 Å². The van der Waals surface area contributed by atoms with Crippen LogP contribution in [0.25, 0.3) is 33.2 Å². The van der Waals surface area contributed by atoms with Gasteiger partial charge in [0, 0.05) is 90.8 Å². The molecular formula is C78H104N12O26S. The standard InChI is InChI=1S/C78H104N12O26S/c1-10-78(105)54-37-59-65-52(39-90(59)73(100)53(54)41-113-76(78)103)50(51-14-12-13-15-55(51)84-65)22-25-89(44(5)6)77(104)114-40-46-16-18-56(60(34-46)115-75-68(96)66(94)67(95)69(116-75)74(101)102)85-70(97)45(7)81-72(99)64(43(3)4)86-63(93)23-26-109-28-30-111-32-33-112-31-29-110-27-24-80-71(98)57(42-117(106,107)108)83-62(92)21-20-61(91)82-48-17-19-58-47(35-48)36-49(88(58)11-2)38-87(9)79-8/h12-19,34-37,43-45,57,64,66-69,75,79,94-96,105H,10-11,20-33,38-42H2,1-9H3,(H,80,98)(H,81,99)(H,82,91)(H,83,92)(H,85,97)(H,86,93)(H,101,102)(H,106,107,108)/t45-,57-,64-,66-,67-,68+,69-,75+,78-/m0/s1. The predicted octanol–water partition coefficient (Wildman–Crippen LogP) is 1.43. The summed E-state index contributed by atoms with van der Waals surface area (Å²) >= 11 is 0. The van der Waals surface area contributed by atoms with E-state index in [1.54, 1.807) is 46.8 Å². The van der Waals surface area contributed by atoms with Gasteiger partial charge in [0.1, 0.15) is 61.2 Å². The van der Waals surface area contributed by atoms with Gasteiger partial charge < -0.3 is 109 Å². The number of nitrogens with zero attached hydrogens (tertiary/aromatic N) is 5. The highest BCUT2D eigenvalue weighted by Crippen LogP contribution is 2.41. The van der Waals surface area contributed by atoms with E-state index in [4.69, 9.17) is 42.9 Å². The van der Waals surface area contributed by atoms with E-state index in [9.17, 15) is 86.4 Å². The van der Waals surface area contributed by atoms with Gasteiger partial charge in [-0.2, -0.15) is 8.42 Å². The smallest absolute Gasteiger partial charge is 0.410 e. The van der Waals surface area contributed by atoms with Crippen LogP contribution in [0.3, 0.4) is 0 Å². The molecule has 0 aliphatic carbocycles. The van der Waals surface area contributed by atoms with E-state index >= 15 is 0 Å². The number of nitrogens with one attached hydrogen (secondary N) is 7. The number of fused-ring (bicyclic) bond motifs is 6. The lowest BCUT2D eigenvalue weighted by molar-refractivity contribution is -0.271. The molecule has 6 aromatic rings.